The molecular weight excluding hydrogens is 396 g/mol. The molecule has 1 aromatic carbocycles. The number of anilines is 1. The van der Waals surface area contributed by atoms with Crippen molar-refractivity contribution >= 4 is 27.4 Å². The van der Waals surface area contributed by atoms with Gasteiger partial charge in [0, 0.05) is 22.8 Å². The summed E-state index contributed by atoms with van der Waals surface area (Å²) in [5.41, 5.74) is 2.32. The molecule has 30 heavy (non-hydrogen) atoms. The van der Waals surface area contributed by atoms with Crippen molar-refractivity contribution in [3.05, 3.63) is 59.2 Å². The molecule has 6 nitrogen and oxygen atoms in total. The lowest BCUT2D eigenvalue weighted by Crippen LogP contribution is -2.13. The number of hydrogen-bond donors (Lipinski definition) is 1. The zero-order chi connectivity index (χ0) is 20.3. The summed E-state index contributed by atoms with van der Waals surface area (Å²) >= 11 is 1.79. The van der Waals surface area contributed by atoms with Crippen LogP contribution in [0.1, 0.15) is 16.9 Å². The normalized spacial score (nSPS) is 12.7. The van der Waals surface area contributed by atoms with Gasteiger partial charge in [0.15, 0.2) is 17.3 Å². The predicted molar refractivity (Wildman–Crippen MR) is 120 cm³/mol. The van der Waals surface area contributed by atoms with Crippen molar-refractivity contribution in [2.24, 2.45) is 0 Å². The van der Waals surface area contributed by atoms with Crippen molar-refractivity contribution in [2.75, 3.05) is 25.6 Å². The van der Waals surface area contributed by atoms with Crippen LogP contribution in [-0.2, 0) is 12.8 Å². The number of aromatic nitrogens is 3. The molecule has 0 fully saturated rings. The number of ether oxygens (including phenoxy) is 2. The van der Waals surface area contributed by atoms with Gasteiger partial charge in [0.05, 0.1) is 19.0 Å². The van der Waals surface area contributed by atoms with Crippen molar-refractivity contribution in [3.63, 3.8) is 0 Å². The summed E-state index contributed by atoms with van der Waals surface area (Å²) in [4.78, 5) is 16.4. The molecule has 0 atom stereocenters. The Morgan fingerprint density at radius 2 is 1.97 bits per heavy atom. The maximum absolute atomic E-state index is 5.91. The number of para-hydroxylation sites is 2. The SMILES string of the molecule is COc1ccccc1OCCNc1nc(-c2cccnc2)nc2sc3c(c12)CCC3. The van der Waals surface area contributed by atoms with Crippen LogP contribution in [-0.4, -0.2) is 35.2 Å². The summed E-state index contributed by atoms with van der Waals surface area (Å²) in [6.07, 6.45) is 7.00. The molecule has 1 aliphatic rings. The van der Waals surface area contributed by atoms with Crippen LogP contribution in [0.15, 0.2) is 48.8 Å². The highest BCUT2D eigenvalue weighted by atomic mass is 32.1. The van der Waals surface area contributed by atoms with Gasteiger partial charge in [-0.2, -0.15) is 0 Å². The Kier molecular flexibility index (Phi) is 5.19. The molecule has 0 amide bonds. The second kappa shape index (κ2) is 8.28. The van der Waals surface area contributed by atoms with Gasteiger partial charge in [-0.05, 0) is 49.1 Å². The molecule has 1 N–H and O–H groups in total. The van der Waals surface area contributed by atoms with Crippen molar-refractivity contribution < 1.29 is 9.47 Å². The molecule has 0 bridgehead atoms. The third-order valence-electron chi connectivity index (χ3n) is 5.21. The van der Waals surface area contributed by atoms with Crippen molar-refractivity contribution in [1.29, 1.82) is 0 Å². The third-order valence-corrected chi connectivity index (χ3v) is 6.39. The lowest BCUT2D eigenvalue weighted by Gasteiger charge is -2.12. The summed E-state index contributed by atoms with van der Waals surface area (Å²) in [5.74, 6) is 3.05. The summed E-state index contributed by atoms with van der Waals surface area (Å²) < 4.78 is 11.3. The first-order valence-corrected chi connectivity index (χ1v) is 10.9. The number of methoxy groups -OCH3 is 1. The Bertz CT molecular complexity index is 1180. The molecule has 3 heterocycles. The van der Waals surface area contributed by atoms with Gasteiger partial charge in [-0.15, -0.1) is 11.3 Å². The Morgan fingerprint density at radius 3 is 2.80 bits per heavy atom. The van der Waals surface area contributed by atoms with Crippen LogP contribution in [0.25, 0.3) is 21.6 Å². The number of fused-ring (bicyclic) bond motifs is 3. The second-order valence-corrected chi connectivity index (χ2v) is 8.18. The topological polar surface area (TPSA) is 69.2 Å². The fourth-order valence-electron chi connectivity index (χ4n) is 3.82. The number of thiophene rings is 1. The summed E-state index contributed by atoms with van der Waals surface area (Å²) in [6, 6.07) is 11.6. The average molecular weight is 419 g/mol. The minimum Gasteiger partial charge on any atom is -0.493 e. The minimum atomic E-state index is 0.500. The van der Waals surface area contributed by atoms with Gasteiger partial charge in [-0.1, -0.05) is 12.1 Å². The molecule has 0 saturated heterocycles. The molecule has 152 valence electrons. The smallest absolute Gasteiger partial charge is 0.164 e. The highest BCUT2D eigenvalue weighted by molar-refractivity contribution is 7.19. The minimum absolute atomic E-state index is 0.500. The lowest BCUT2D eigenvalue weighted by molar-refractivity contribution is 0.306. The maximum atomic E-state index is 5.91. The van der Waals surface area contributed by atoms with E-state index in [1.165, 1.54) is 16.9 Å². The number of aryl methyl sites for hydroxylation is 2. The maximum Gasteiger partial charge on any atom is 0.164 e. The van der Waals surface area contributed by atoms with Gasteiger partial charge in [0.2, 0.25) is 0 Å². The Morgan fingerprint density at radius 1 is 1.07 bits per heavy atom. The number of nitrogens with zero attached hydrogens (tertiary/aromatic N) is 3. The van der Waals surface area contributed by atoms with E-state index in [0.717, 1.165) is 45.9 Å². The van der Waals surface area contributed by atoms with Crippen LogP contribution >= 0.6 is 11.3 Å². The van der Waals surface area contributed by atoms with E-state index >= 15 is 0 Å². The van der Waals surface area contributed by atoms with Gasteiger partial charge in [0.25, 0.3) is 0 Å². The second-order valence-electron chi connectivity index (χ2n) is 7.10. The number of rotatable bonds is 7. The Balaban J connectivity index is 1.41. The van der Waals surface area contributed by atoms with Crippen LogP contribution in [0.2, 0.25) is 0 Å². The molecule has 1 aliphatic carbocycles. The zero-order valence-corrected chi connectivity index (χ0v) is 17.5. The van der Waals surface area contributed by atoms with E-state index in [4.69, 9.17) is 19.4 Å². The van der Waals surface area contributed by atoms with Crippen LogP contribution in [0.5, 0.6) is 11.5 Å². The van der Waals surface area contributed by atoms with E-state index in [0.29, 0.717) is 19.0 Å². The fourth-order valence-corrected chi connectivity index (χ4v) is 5.08. The van der Waals surface area contributed by atoms with Gasteiger partial charge >= 0.3 is 0 Å². The first-order valence-electron chi connectivity index (χ1n) is 10.1. The molecule has 7 heteroatoms. The average Bonchev–Trinajstić information content (AvgIpc) is 3.38. The highest BCUT2D eigenvalue weighted by Crippen LogP contribution is 2.40. The molecule has 3 aromatic heterocycles. The predicted octanol–water partition coefficient (Wildman–Crippen LogP) is 4.74. The third kappa shape index (κ3) is 3.57. The molecular formula is C23H22N4O2S. The zero-order valence-electron chi connectivity index (χ0n) is 16.7. The van der Waals surface area contributed by atoms with Crippen LogP contribution in [0.4, 0.5) is 5.82 Å². The van der Waals surface area contributed by atoms with Gasteiger partial charge in [-0.25, -0.2) is 9.97 Å². The van der Waals surface area contributed by atoms with E-state index in [-0.39, 0.29) is 0 Å². The van der Waals surface area contributed by atoms with E-state index in [1.807, 2.05) is 36.4 Å². The standard InChI is InChI=1S/C23H22N4O2S/c1-28-17-8-2-3-9-18(17)29-13-12-25-22-20-16-7-4-10-19(16)30-23(20)27-21(26-22)15-6-5-11-24-14-15/h2-3,5-6,8-9,11,14H,4,7,10,12-13H2,1H3,(H,25,26,27). The Hall–Kier alpha value is -3.19. The van der Waals surface area contributed by atoms with Crippen molar-refractivity contribution in [3.8, 4) is 22.9 Å². The first kappa shape index (κ1) is 18.8. The van der Waals surface area contributed by atoms with Crippen LogP contribution in [0, 0.1) is 0 Å². The monoisotopic (exact) mass is 418 g/mol. The van der Waals surface area contributed by atoms with E-state index in [2.05, 4.69) is 10.3 Å². The lowest BCUT2D eigenvalue weighted by atomic mass is 10.2. The fraction of sp³-hybridized carbons (Fsp3) is 0.261. The first-order chi connectivity index (χ1) is 14.8. The van der Waals surface area contributed by atoms with Gasteiger partial charge < -0.3 is 14.8 Å². The number of benzene rings is 1. The van der Waals surface area contributed by atoms with Crippen molar-refractivity contribution in [1.82, 2.24) is 15.0 Å². The summed E-state index contributed by atoms with van der Waals surface area (Å²) in [5, 5.41) is 4.65. The molecule has 0 spiro atoms. The molecule has 0 aliphatic heterocycles. The van der Waals surface area contributed by atoms with E-state index in [9.17, 15) is 0 Å². The molecule has 0 radical (unpaired) electrons. The van der Waals surface area contributed by atoms with Gasteiger partial charge in [-0.3, -0.25) is 4.98 Å². The number of nitrogens with one attached hydrogen (secondary N) is 1. The molecule has 0 saturated carbocycles. The largest absolute Gasteiger partial charge is 0.493 e. The number of hydrogen-bond acceptors (Lipinski definition) is 7. The van der Waals surface area contributed by atoms with Crippen LogP contribution < -0.4 is 14.8 Å². The van der Waals surface area contributed by atoms with Gasteiger partial charge in [0.1, 0.15) is 17.3 Å². The summed E-state index contributed by atoms with van der Waals surface area (Å²) in [6.45, 7) is 1.13. The highest BCUT2D eigenvalue weighted by Gasteiger charge is 2.22. The molecule has 0 unspecified atom stereocenters. The number of pyridine rings is 1. The van der Waals surface area contributed by atoms with Crippen molar-refractivity contribution in [2.45, 2.75) is 19.3 Å². The quantitative estimate of drug-likeness (QED) is 0.437. The Labute approximate surface area is 178 Å². The molecule has 5 rings (SSSR count). The van der Waals surface area contributed by atoms with E-state index < -0.39 is 0 Å². The van der Waals surface area contributed by atoms with E-state index in [1.54, 1.807) is 30.8 Å². The molecule has 4 aromatic rings. The van der Waals surface area contributed by atoms with Crippen LogP contribution in [0.3, 0.4) is 0 Å². The summed E-state index contributed by atoms with van der Waals surface area (Å²) in [7, 11) is 1.65.